The highest BCUT2D eigenvalue weighted by Gasteiger charge is 2.50. The number of aromatic nitrogens is 4. The van der Waals surface area contributed by atoms with Crippen LogP contribution in [0.5, 0.6) is 0 Å². The van der Waals surface area contributed by atoms with Gasteiger partial charge in [0.15, 0.2) is 17.7 Å². The summed E-state index contributed by atoms with van der Waals surface area (Å²) in [5.74, 6) is -1.44. The fourth-order valence-corrected chi connectivity index (χ4v) is 7.99. The van der Waals surface area contributed by atoms with E-state index in [9.17, 15) is 68.0 Å². The summed E-state index contributed by atoms with van der Waals surface area (Å²) in [4.78, 5) is 96.5. The third kappa shape index (κ3) is 14.6. The Hall–Kier alpha value is -3.30. The van der Waals surface area contributed by atoms with E-state index in [4.69, 9.17) is 19.5 Å². The number of imidazole rings is 1. The van der Waals surface area contributed by atoms with Gasteiger partial charge >= 0.3 is 23.5 Å². The quantitative estimate of drug-likeness (QED) is 0.0213. The number of phosphoric ester groups is 3. The van der Waals surface area contributed by atoms with Crippen LogP contribution < -0.4 is 16.4 Å². The Morgan fingerprint density at radius 1 is 1.12 bits per heavy atom. The fourth-order valence-electron chi connectivity index (χ4n) is 4.56. The maximum atomic E-state index is 12.6. The van der Waals surface area contributed by atoms with Crippen molar-refractivity contribution >= 4 is 69.1 Å². The summed E-state index contributed by atoms with van der Waals surface area (Å²) in [5.41, 5.74) is 4.19. The van der Waals surface area contributed by atoms with Crippen molar-refractivity contribution in [2.75, 3.05) is 44.3 Å². The number of aliphatic hydroxyl groups is 2. The molecule has 0 radical (unpaired) electrons. The fraction of sp³-hybridized carbons (Fsp3) is 0.600. The van der Waals surface area contributed by atoms with Crippen molar-refractivity contribution in [2.45, 2.75) is 50.9 Å². The summed E-state index contributed by atoms with van der Waals surface area (Å²) >= 11 is 0.812. The van der Waals surface area contributed by atoms with Gasteiger partial charge in [0.05, 0.1) is 19.5 Å². The number of hydrogen-bond donors (Lipinski definition) is 9. The number of nitrogens with zero attached hydrogens (tertiary/aromatic N) is 5. The molecule has 0 aliphatic carbocycles. The summed E-state index contributed by atoms with van der Waals surface area (Å²) in [6.07, 6.45) is -4.99. The third-order valence-electron chi connectivity index (χ3n) is 7.25. The molecule has 3 heterocycles. The first-order valence-corrected chi connectivity index (χ1v) is 21.3. The number of hydrogen-bond acceptors (Lipinski definition) is 20. The zero-order valence-electron chi connectivity index (χ0n) is 29.2. The molecule has 0 spiro atoms. The molecule has 2 amide bonds. The Kier molecular flexibility index (Phi) is 16.7. The number of phosphoric acid groups is 3. The number of anilines is 1. The summed E-state index contributed by atoms with van der Waals surface area (Å²) in [6.45, 7) is -0.338. The molecule has 1 aliphatic rings. The number of rotatable bonds is 22. The zero-order chi connectivity index (χ0) is 42.1. The van der Waals surface area contributed by atoms with Crippen LogP contribution in [0.3, 0.4) is 0 Å². The molecule has 0 saturated carbocycles. The van der Waals surface area contributed by atoms with Crippen molar-refractivity contribution in [1.82, 2.24) is 30.2 Å². The number of nitrogen functional groups attached to an aromatic ring is 1. The first-order chi connectivity index (χ1) is 25.9. The van der Waals surface area contributed by atoms with Crippen LogP contribution in [0.2, 0.25) is 0 Å². The van der Waals surface area contributed by atoms with Crippen molar-refractivity contribution in [1.29, 1.82) is 0 Å². The molecule has 1 fully saturated rings. The van der Waals surface area contributed by atoms with Gasteiger partial charge in [0.2, 0.25) is 23.5 Å². The minimum Gasteiger partial charge on any atom is -0.386 e. The summed E-state index contributed by atoms with van der Waals surface area (Å²) in [7, 11) is -16.4. The minimum atomic E-state index is -5.59. The van der Waals surface area contributed by atoms with Gasteiger partial charge in [-0.05, 0) is 12.2 Å². The Labute approximate surface area is 319 Å². The lowest BCUT2D eigenvalue weighted by molar-refractivity contribution is -0.468. The molecule has 314 valence electrons. The molecule has 10 N–H and O–H groups in total. The van der Waals surface area contributed by atoms with Crippen LogP contribution in [0.1, 0.15) is 26.5 Å². The average Bonchev–Trinajstić information content (AvgIpc) is 3.64. The van der Waals surface area contributed by atoms with Gasteiger partial charge in [-0.2, -0.15) is 4.31 Å². The number of carbonyl (C=O) groups is 3. The van der Waals surface area contributed by atoms with Gasteiger partial charge in [-0.1, -0.05) is 25.6 Å². The van der Waals surface area contributed by atoms with E-state index in [2.05, 4.69) is 34.4 Å². The summed E-state index contributed by atoms with van der Waals surface area (Å²) < 4.78 is 61.9. The van der Waals surface area contributed by atoms with Crippen LogP contribution in [0.15, 0.2) is 24.8 Å². The molecule has 0 aromatic carbocycles. The number of nitrogens with one attached hydrogen (secondary N) is 2. The topological polar surface area (TPSA) is 407 Å². The molecule has 1 saturated heterocycles. The van der Waals surface area contributed by atoms with E-state index in [0.29, 0.717) is 0 Å². The molecular weight excluding hydrogens is 841 g/mol. The lowest BCUT2D eigenvalue weighted by Crippen LogP contribution is -2.46. The SMILES string of the molecule is CC(C)(COP(=O)(O)OP(=O)(O)OC[C@H]1O[C@@H](n2cnc3c(N)ncnc32)[C@H](O)[C@@H]1OP(=O)(O)O)[C@@H](O)C(=O)NCCC(=O)NCCSC(=O)C=CC[N+](=O)[O-]. The van der Waals surface area contributed by atoms with Crippen LogP contribution in [0.25, 0.3) is 11.2 Å². The summed E-state index contributed by atoms with van der Waals surface area (Å²) in [6, 6.07) is 0. The molecule has 56 heavy (non-hydrogen) atoms. The van der Waals surface area contributed by atoms with Gasteiger partial charge < -0.3 is 50.9 Å². The molecule has 1 aliphatic heterocycles. The molecular formula is C25H39N8O19P3S. The lowest BCUT2D eigenvalue weighted by Gasteiger charge is -2.30. The molecule has 3 rings (SSSR count). The van der Waals surface area contributed by atoms with Crippen molar-refractivity contribution in [3.63, 3.8) is 0 Å². The van der Waals surface area contributed by atoms with Gasteiger partial charge in [0, 0.05) is 35.6 Å². The van der Waals surface area contributed by atoms with Crippen LogP contribution in [-0.4, -0.2) is 134 Å². The smallest absolute Gasteiger partial charge is 0.386 e. The monoisotopic (exact) mass is 880 g/mol. The van der Waals surface area contributed by atoms with Crippen LogP contribution in [0.4, 0.5) is 5.82 Å². The van der Waals surface area contributed by atoms with Crippen molar-refractivity contribution in [2.24, 2.45) is 5.41 Å². The van der Waals surface area contributed by atoms with E-state index >= 15 is 0 Å². The van der Waals surface area contributed by atoms with E-state index in [-0.39, 0.29) is 42.2 Å². The highest BCUT2D eigenvalue weighted by molar-refractivity contribution is 8.14. The Morgan fingerprint density at radius 2 is 1.80 bits per heavy atom. The average molecular weight is 881 g/mol. The molecule has 2 aromatic rings. The number of nitrogens with two attached hydrogens (primary N) is 1. The molecule has 2 unspecified atom stereocenters. The first-order valence-electron chi connectivity index (χ1n) is 15.8. The normalized spacial score (nSPS) is 21.7. The Bertz CT molecular complexity index is 1910. The zero-order valence-corrected chi connectivity index (χ0v) is 32.7. The predicted molar refractivity (Wildman–Crippen MR) is 188 cm³/mol. The molecule has 0 bridgehead atoms. The molecule has 31 heteroatoms. The molecule has 7 atom stereocenters. The van der Waals surface area contributed by atoms with Crippen LogP contribution >= 0.6 is 35.2 Å². The maximum absolute atomic E-state index is 12.6. The second-order valence-electron chi connectivity index (χ2n) is 12.2. The standard InChI is InChI=1S/C25H39N8O19P3S/c1-25(2,20(37)23(38)28-6-5-15(34)27-7-9-56-16(35)4-3-8-33(39)40)11-49-55(46,47)52-54(44,45)48-10-14-19(51-53(41,42)43)18(36)24(50-14)32-13-31-17-21(26)29-12-30-22(17)32/h3-4,12-14,18-20,24,36-37H,5-11H2,1-2H3,(H,27,34)(H,28,38)(H,44,45)(H,46,47)(H2,26,29,30)(H2,41,42,43)/t14-,18-,19-,20+,24-/m1/s1. The number of thioether (sulfide) groups is 1. The minimum absolute atomic E-state index is 0.0176. The molecule has 27 nitrogen and oxygen atoms in total. The van der Waals surface area contributed by atoms with Gasteiger partial charge in [0.1, 0.15) is 36.3 Å². The number of fused-ring (bicyclic) bond motifs is 1. The Balaban J connectivity index is 1.48. The van der Waals surface area contributed by atoms with Crippen molar-refractivity contribution in [3.8, 4) is 0 Å². The highest BCUT2D eigenvalue weighted by Crippen LogP contribution is 2.61. The predicted octanol–water partition coefficient (Wildman–Crippen LogP) is -1.50. The van der Waals surface area contributed by atoms with Crippen molar-refractivity contribution < 1.29 is 85.4 Å². The number of aliphatic hydroxyl groups excluding tert-OH is 2. The van der Waals surface area contributed by atoms with E-state index in [1.54, 1.807) is 0 Å². The maximum Gasteiger partial charge on any atom is 0.481 e. The number of nitro groups is 1. The van der Waals surface area contributed by atoms with Gasteiger partial charge in [0.25, 0.3) is 0 Å². The van der Waals surface area contributed by atoms with Gasteiger partial charge in [-0.15, -0.1) is 0 Å². The van der Waals surface area contributed by atoms with E-state index in [0.717, 1.165) is 41.1 Å². The van der Waals surface area contributed by atoms with Crippen molar-refractivity contribution in [3.05, 3.63) is 34.9 Å². The Morgan fingerprint density at radius 3 is 2.46 bits per heavy atom. The number of amides is 2. The van der Waals surface area contributed by atoms with Crippen LogP contribution in [-0.2, 0) is 50.7 Å². The third-order valence-corrected chi connectivity index (χ3v) is 11.2. The number of ether oxygens (including phenoxy) is 1. The highest BCUT2D eigenvalue weighted by atomic mass is 32.2. The van der Waals surface area contributed by atoms with E-state index < -0.39 is 101 Å². The molecule has 2 aromatic heterocycles. The van der Waals surface area contributed by atoms with E-state index in [1.165, 1.54) is 13.8 Å². The van der Waals surface area contributed by atoms with Gasteiger partial charge in [-0.25, -0.2) is 28.6 Å². The lowest BCUT2D eigenvalue weighted by atomic mass is 9.87. The summed E-state index contributed by atoms with van der Waals surface area (Å²) in [5, 5.41) is 35.9. The second kappa shape index (κ2) is 19.9. The van der Waals surface area contributed by atoms with Gasteiger partial charge in [-0.3, -0.25) is 42.6 Å². The first kappa shape index (κ1) is 47.1. The largest absolute Gasteiger partial charge is 0.481 e. The second-order valence-corrected chi connectivity index (χ2v) is 17.5. The van der Waals surface area contributed by atoms with Crippen LogP contribution in [0, 0.1) is 15.5 Å². The van der Waals surface area contributed by atoms with E-state index in [1.807, 2.05) is 0 Å². The number of carbonyl (C=O) groups excluding carboxylic acids is 3.